The van der Waals surface area contributed by atoms with Gasteiger partial charge in [-0.2, -0.15) is 0 Å². The van der Waals surface area contributed by atoms with Crippen LogP contribution < -0.4 is 21.3 Å². The van der Waals surface area contributed by atoms with Crippen LogP contribution in [0.3, 0.4) is 0 Å². The number of hydrogen-bond donors (Lipinski definition) is 30. The molecule has 0 radical (unpaired) electrons. The molecule has 0 spiro atoms. The highest BCUT2D eigenvalue weighted by molar-refractivity contribution is 5.77. The van der Waals surface area contributed by atoms with Crippen molar-refractivity contribution in [2.45, 2.75) is 323 Å². The molecule has 30 N–H and O–H groups in total. The molecule has 0 saturated carbocycles. The van der Waals surface area contributed by atoms with E-state index >= 15 is 0 Å². The average Bonchev–Trinajstić information content (AvgIpc) is 0.753. The second-order valence-corrected chi connectivity index (χ2v) is 29.6. The molecule has 9 fully saturated rings. The smallest absolute Gasteiger partial charge is 0.364 e. The maximum absolute atomic E-state index is 13.3. The lowest BCUT2D eigenvalue weighted by Gasteiger charge is -2.51. The van der Waals surface area contributed by atoms with Crippen molar-refractivity contribution in [3.05, 3.63) is 0 Å². The molecule has 46 atom stereocenters. The van der Waals surface area contributed by atoms with E-state index in [1.807, 2.05) is 0 Å². The van der Waals surface area contributed by atoms with Crippen molar-refractivity contribution in [1.29, 1.82) is 0 Å². The maximum atomic E-state index is 13.3. The Morgan fingerprint density at radius 1 is 0.368 bits per heavy atom. The van der Waals surface area contributed by atoms with E-state index in [-0.39, 0.29) is 0 Å². The zero-order valence-corrected chi connectivity index (χ0v) is 63.0. The van der Waals surface area contributed by atoms with Gasteiger partial charge < -0.3 is 235 Å². The Labute approximate surface area is 662 Å². The van der Waals surface area contributed by atoms with Gasteiger partial charge in [-0.15, -0.1) is 0 Å². The van der Waals surface area contributed by atoms with Gasteiger partial charge in [-0.3, -0.25) is 19.2 Å². The van der Waals surface area contributed by atoms with Gasteiger partial charge in [-0.1, -0.05) is 0 Å². The fourth-order valence-corrected chi connectivity index (χ4v) is 15.0. The fourth-order valence-electron chi connectivity index (χ4n) is 15.0. The summed E-state index contributed by atoms with van der Waals surface area (Å²) in [5, 5.41) is 298. The van der Waals surface area contributed by atoms with Crippen LogP contribution in [0, 0.1) is 0 Å². The van der Waals surface area contributed by atoms with Crippen LogP contribution in [0.25, 0.3) is 0 Å². The SMILES string of the molecule is CC(=O)N[C@H]1[C@H](O[C@H]2[C@H](O)[C@@H](NC(C)=O)C(O)O[C@@H]2CO[C@@H]2O[C@@H](C)[C@@H](O)[C@@H](O)[C@@H]2O)O[C@H](CO)[C@@H](O[C@@H]2O[C@H](CO[C@H]3O[C@H](CO)[C@@H](O)[C@H](O)[C@@H]3O[C@@H]3O[C@H](CO)[C@@H](O)[C@H](O[C@@H]4O[C@H](CO)[C@H](O)[C@H](O[C@]5(C(=O)O)C[C@H](O)[C@@H](NC(C)=O)[C@H]([C@H](O)[C@H](O)CO)O5)[C@H]4O)[C@H]3NC(C)=O)[C@@H](O)[C@H](O[C@H]3O[C@H](CO)[C@@H](O)[C@H](O)[C@@H]3O)[C@@H]2O)[C@@H]1O. The molecule has 0 aromatic heterocycles. The largest absolute Gasteiger partial charge is 0.477 e. The van der Waals surface area contributed by atoms with Crippen molar-refractivity contribution in [3.63, 3.8) is 0 Å². The van der Waals surface area contributed by atoms with E-state index in [9.17, 15) is 157 Å². The average molecular weight is 1710 g/mol. The van der Waals surface area contributed by atoms with Crippen LogP contribution in [0.4, 0.5) is 0 Å². The van der Waals surface area contributed by atoms with Crippen LogP contribution in [0.15, 0.2) is 0 Å². The predicted molar refractivity (Wildman–Crippen MR) is 359 cm³/mol. The van der Waals surface area contributed by atoms with E-state index < -0.39 is 371 Å². The third-order valence-electron chi connectivity index (χ3n) is 21.3. The molecule has 9 heterocycles. The quantitative estimate of drug-likeness (QED) is 0.0306. The molecule has 676 valence electrons. The molecule has 117 heavy (non-hydrogen) atoms. The van der Waals surface area contributed by atoms with Gasteiger partial charge in [-0.25, -0.2) is 4.79 Å². The minimum absolute atomic E-state index is 0.827. The molecule has 0 bridgehead atoms. The minimum Gasteiger partial charge on any atom is -0.477 e. The number of carbonyl (C=O) groups excluding carboxylic acids is 4. The number of aliphatic hydroxyl groups excluding tert-OH is 25. The summed E-state index contributed by atoms with van der Waals surface area (Å²) in [5.41, 5.74) is 0. The molecule has 52 nitrogen and oxygen atoms in total. The second kappa shape index (κ2) is 41.4. The summed E-state index contributed by atoms with van der Waals surface area (Å²) < 4.78 is 100. The van der Waals surface area contributed by atoms with Crippen LogP contribution >= 0.6 is 0 Å². The molecule has 52 heteroatoms. The molecule has 0 aliphatic carbocycles. The van der Waals surface area contributed by atoms with Gasteiger partial charge in [0.1, 0.15) is 207 Å². The molecule has 9 rings (SSSR count). The Balaban J connectivity index is 1.00. The van der Waals surface area contributed by atoms with Gasteiger partial charge in [0.25, 0.3) is 5.79 Å². The first-order valence-electron chi connectivity index (χ1n) is 37.1. The Hall–Kier alpha value is -4.33. The van der Waals surface area contributed by atoms with E-state index in [4.69, 9.17) is 80.5 Å². The highest BCUT2D eigenvalue weighted by atomic mass is 16.8. The normalized spacial score (nSPS) is 47.9. The van der Waals surface area contributed by atoms with E-state index in [2.05, 4.69) is 21.3 Å². The highest BCUT2D eigenvalue weighted by Crippen LogP contribution is 2.42. The summed E-state index contributed by atoms with van der Waals surface area (Å²) in [6.07, 6.45) is -87.9. The molecule has 9 saturated heterocycles. The Bertz CT molecular complexity index is 3190. The number of hydrogen-bond acceptors (Lipinski definition) is 47. The third-order valence-corrected chi connectivity index (χ3v) is 21.3. The number of ether oxygens (including phenoxy) is 17. The van der Waals surface area contributed by atoms with Crippen molar-refractivity contribution in [2.24, 2.45) is 0 Å². The first-order valence-corrected chi connectivity index (χ1v) is 37.1. The summed E-state index contributed by atoms with van der Waals surface area (Å²) in [4.78, 5) is 64.2. The molecular formula is C65H108N4O48. The molecular weight excluding hydrogens is 1600 g/mol. The van der Waals surface area contributed by atoms with Crippen molar-refractivity contribution in [3.8, 4) is 0 Å². The number of rotatable bonds is 31. The summed E-state index contributed by atoms with van der Waals surface area (Å²) in [6, 6.07) is -7.51. The van der Waals surface area contributed by atoms with Gasteiger partial charge in [0.2, 0.25) is 23.6 Å². The van der Waals surface area contributed by atoms with Crippen LogP contribution in [-0.4, -0.2) is 497 Å². The molecule has 9 aliphatic heterocycles. The Morgan fingerprint density at radius 3 is 1.32 bits per heavy atom. The highest BCUT2D eigenvalue weighted by Gasteiger charge is 2.63. The summed E-state index contributed by atoms with van der Waals surface area (Å²) in [6.45, 7) is -4.02. The van der Waals surface area contributed by atoms with Crippen LogP contribution in [0.5, 0.6) is 0 Å². The number of carboxylic acid groups (broad SMARTS) is 1. The predicted octanol–water partition coefficient (Wildman–Crippen LogP) is -19.8. The monoisotopic (exact) mass is 1710 g/mol. The Morgan fingerprint density at radius 2 is 0.761 bits per heavy atom. The summed E-state index contributed by atoms with van der Waals surface area (Å²) >= 11 is 0. The molecule has 4 amide bonds. The van der Waals surface area contributed by atoms with Gasteiger partial charge in [0, 0.05) is 34.1 Å². The molecule has 9 aliphatic rings. The first kappa shape index (κ1) is 96.5. The van der Waals surface area contributed by atoms with Crippen LogP contribution in [0.1, 0.15) is 41.0 Å². The molecule has 0 aromatic rings. The lowest BCUT2D eigenvalue weighted by Crippen LogP contribution is -2.71. The van der Waals surface area contributed by atoms with E-state index in [0.29, 0.717) is 0 Å². The lowest BCUT2D eigenvalue weighted by atomic mass is 9.88. The van der Waals surface area contributed by atoms with Crippen molar-refractivity contribution in [2.75, 3.05) is 52.9 Å². The fraction of sp³-hybridized carbons (Fsp3) is 0.923. The maximum Gasteiger partial charge on any atom is 0.364 e. The number of carboxylic acids is 1. The van der Waals surface area contributed by atoms with Crippen molar-refractivity contribution >= 4 is 29.6 Å². The molecule has 1 unspecified atom stereocenters. The van der Waals surface area contributed by atoms with Crippen LogP contribution in [0.2, 0.25) is 0 Å². The third kappa shape index (κ3) is 21.4. The van der Waals surface area contributed by atoms with Gasteiger partial charge >= 0.3 is 5.97 Å². The topological polar surface area (TPSA) is 816 Å². The number of aliphatic hydroxyl groups is 25. The van der Waals surface area contributed by atoms with Crippen molar-refractivity contribution in [1.82, 2.24) is 21.3 Å². The molecule has 0 aromatic carbocycles. The lowest BCUT2D eigenvalue weighted by molar-refractivity contribution is -0.392. The zero-order chi connectivity index (χ0) is 86.6. The minimum atomic E-state index is -3.32. The van der Waals surface area contributed by atoms with Gasteiger partial charge in [0.15, 0.2) is 50.3 Å². The number of amides is 4. The van der Waals surface area contributed by atoms with Crippen molar-refractivity contribution < 1.29 is 237 Å². The van der Waals surface area contributed by atoms with Gasteiger partial charge in [-0.05, 0) is 6.92 Å². The van der Waals surface area contributed by atoms with E-state index in [1.54, 1.807) is 0 Å². The van der Waals surface area contributed by atoms with Crippen LogP contribution in [-0.2, 0) is 104 Å². The summed E-state index contributed by atoms with van der Waals surface area (Å²) in [5.74, 6) is -9.18. The first-order chi connectivity index (χ1) is 55.1. The number of nitrogens with one attached hydrogen (secondary N) is 4. The number of aliphatic carboxylic acids is 1. The summed E-state index contributed by atoms with van der Waals surface area (Å²) in [7, 11) is 0. The van der Waals surface area contributed by atoms with Gasteiger partial charge in [0.05, 0.1) is 71.1 Å². The van der Waals surface area contributed by atoms with E-state index in [0.717, 1.165) is 27.7 Å². The number of carbonyl (C=O) groups is 5. The Kier molecular flexibility index (Phi) is 34.2. The zero-order valence-electron chi connectivity index (χ0n) is 63.0. The standard InChI is InChI=1S/C65H108N4O48/c1-15-33(82)42(91)45(94)59(103-15)101-14-28-50(40(89)30(56(98)104-28)67-17(3)77)111-57-31(68-18(4)78)41(90)49(26(12-75)109-57)112-61-47(96)53(114-60-46(95)43(92)35(84)22(8-71)106-60)39(88)27(110-61)13-102-63-55(44(93)36(85)23(9-72)108-63)115-58-32(69-19(5)79)51(37(86)24(10-73)105-58)113-62-48(97)54(38(87)25(11-74)107-62)117-65(64(99)100)6-20(80)29(66-16(2)76)52(116-65)34(83)21(81)7-70/h15,20-63,70-75,80-98H,6-14H2,1-5H3,(H,66,76)(H,67,77)(H,68,78)(H,69,79)(H,99,100)/t15-,20-,21+,22+,23+,24+,25+,26+,27+,28+,29+,30+,31+,32+,33+,34+,35+,36+,37+,38-,39+,40+,41+,42+,43-,44-,45-,46-,47-,48+,49+,50+,51+,52+,53-,54-,55-,56?,57-,58-,59+,60+,61-,62-,63-,65-/m0/s1. The second-order valence-electron chi connectivity index (χ2n) is 29.6. The van der Waals surface area contributed by atoms with E-state index in [1.165, 1.54) is 6.92 Å².